The maximum Gasteiger partial charge on any atom is 0.315 e. The third kappa shape index (κ3) is 3.72. The van der Waals surface area contributed by atoms with Crippen LogP contribution in [0, 0.1) is 19.8 Å². The van der Waals surface area contributed by atoms with Gasteiger partial charge in [-0.05, 0) is 27.7 Å². The number of carbonyl (C=O) groups excluding carboxylic acids is 1. The lowest BCUT2D eigenvalue weighted by atomic mass is 10.0. The molecule has 0 aliphatic rings. The Morgan fingerprint density at radius 1 is 1.35 bits per heavy atom. The SMILES string of the molecule is Cc1nn(C)c(C)c1CNC(=O)NC(C)C(C)C(=O)O. The number of hydrogen-bond acceptors (Lipinski definition) is 3. The van der Waals surface area contributed by atoms with Crippen LogP contribution in [0.4, 0.5) is 4.79 Å². The van der Waals surface area contributed by atoms with E-state index in [4.69, 9.17) is 5.11 Å². The maximum atomic E-state index is 11.7. The van der Waals surface area contributed by atoms with Crippen molar-refractivity contribution in [3.8, 4) is 0 Å². The van der Waals surface area contributed by atoms with Crippen molar-refractivity contribution in [3.63, 3.8) is 0 Å². The van der Waals surface area contributed by atoms with Crippen molar-refractivity contribution >= 4 is 12.0 Å². The zero-order valence-corrected chi connectivity index (χ0v) is 12.5. The summed E-state index contributed by atoms with van der Waals surface area (Å²) >= 11 is 0. The molecule has 7 heteroatoms. The van der Waals surface area contributed by atoms with E-state index < -0.39 is 17.9 Å². The lowest BCUT2D eigenvalue weighted by Crippen LogP contribution is -2.45. The molecule has 3 N–H and O–H groups in total. The molecule has 0 aromatic carbocycles. The van der Waals surface area contributed by atoms with Gasteiger partial charge in [-0.3, -0.25) is 9.48 Å². The van der Waals surface area contributed by atoms with Gasteiger partial charge in [-0.2, -0.15) is 5.10 Å². The van der Waals surface area contributed by atoms with E-state index in [1.165, 1.54) is 0 Å². The first kappa shape index (κ1) is 16.0. The average Bonchev–Trinajstić information content (AvgIpc) is 2.60. The lowest BCUT2D eigenvalue weighted by molar-refractivity contribution is -0.141. The number of aliphatic carboxylic acids is 1. The Balaban J connectivity index is 2.54. The van der Waals surface area contributed by atoms with Gasteiger partial charge in [-0.15, -0.1) is 0 Å². The maximum absolute atomic E-state index is 11.7. The molecule has 1 aromatic rings. The molecule has 0 aliphatic heterocycles. The number of hydrogen-bond donors (Lipinski definition) is 3. The van der Waals surface area contributed by atoms with Crippen LogP contribution >= 0.6 is 0 Å². The van der Waals surface area contributed by atoms with E-state index in [1.54, 1.807) is 18.5 Å². The lowest BCUT2D eigenvalue weighted by Gasteiger charge is -2.18. The van der Waals surface area contributed by atoms with Crippen molar-refractivity contribution in [1.82, 2.24) is 20.4 Å². The molecule has 1 rings (SSSR count). The fourth-order valence-electron chi connectivity index (χ4n) is 1.84. The Labute approximate surface area is 118 Å². The Morgan fingerprint density at radius 3 is 2.40 bits per heavy atom. The monoisotopic (exact) mass is 282 g/mol. The standard InChI is InChI=1S/C13H22N4O3/c1-7(12(18)19)8(2)15-13(20)14-6-11-9(3)16-17(5)10(11)4/h7-8H,6H2,1-5H3,(H,18,19)(H2,14,15,20). The molecule has 7 nitrogen and oxygen atoms in total. The molecular formula is C13H22N4O3. The van der Waals surface area contributed by atoms with Gasteiger partial charge in [-0.1, -0.05) is 0 Å². The number of amides is 2. The molecule has 1 heterocycles. The molecular weight excluding hydrogens is 260 g/mol. The van der Waals surface area contributed by atoms with Gasteiger partial charge in [0.25, 0.3) is 0 Å². The zero-order valence-electron chi connectivity index (χ0n) is 12.5. The number of rotatable bonds is 5. The van der Waals surface area contributed by atoms with Crippen LogP contribution < -0.4 is 10.6 Å². The molecule has 0 fully saturated rings. The van der Waals surface area contributed by atoms with E-state index in [-0.39, 0.29) is 6.03 Å². The number of urea groups is 1. The summed E-state index contributed by atoms with van der Waals surface area (Å²) < 4.78 is 1.76. The van der Waals surface area contributed by atoms with Gasteiger partial charge in [0.15, 0.2) is 0 Å². The molecule has 0 saturated carbocycles. The number of carbonyl (C=O) groups is 2. The quantitative estimate of drug-likeness (QED) is 0.749. The van der Waals surface area contributed by atoms with Crippen molar-refractivity contribution in [2.45, 2.75) is 40.3 Å². The molecule has 20 heavy (non-hydrogen) atoms. The highest BCUT2D eigenvalue weighted by Gasteiger charge is 2.21. The highest BCUT2D eigenvalue weighted by Crippen LogP contribution is 2.11. The third-order valence-electron chi connectivity index (χ3n) is 3.58. The van der Waals surface area contributed by atoms with Gasteiger partial charge < -0.3 is 15.7 Å². The molecule has 2 amide bonds. The summed E-state index contributed by atoms with van der Waals surface area (Å²) in [7, 11) is 1.85. The number of carboxylic acid groups (broad SMARTS) is 1. The van der Waals surface area contributed by atoms with Crippen LogP contribution in [-0.2, 0) is 18.4 Å². The molecule has 0 spiro atoms. The Hall–Kier alpha value is -2.05. The van der Waals surface area contributed by atoms with Gasteiger partial charge in [-0.25, -0.2) is 4.79 Å². The molecule has 0 radical (unpaired) electrons. The topological polar surface area (TPSA) is 96.3 Å². The number of aryl methyl sites for hydroxylation is 2. The van der Waals surface area contributed by atoms with E-state index in [2.05, 4.69) is 15.7 Å². The van der Waals surface area contributed by atoms with Crippen molar-refractivity contribution < 1.29 is 14.7 Å². The van der Waals surface area contributed by atoms with Gasteiger partial charge in [0.05, 0.1) is 11.6 Å². The van der Waals surface area contributed by atoms with Crippen molar-refractivity contribution in [2.24, 2.45) is 13.0 Å². The largest absolute Gasteiger partial charge is 0.481 e. The van der Waals surface area contributed by atoms with E-state index in [0.29, 0.717) is 6.54 Å². The van der Waals surface area contributed by atoms with Crippen LogP contribution in [-0.4, -0.2) is 32.9 Å². The average molecular weight is 282 g/mol. The highest BCUT2D eigenvalue weighted by atomic mass is 16.4. The molecule has 0 saturated heterocycles. The molecule has 2 atom stereocenters. The Morgan fingerprint density at radius 2 is 1.95 bits per heavy atom. The van der Waals surface area contributed by atoms with Crippen LogP contribution in [0.5, 0.6) is 0 Å². The Bertz CT molecular complexity index is 510. The summed E-state index contributed by atoms with van der Waals surface area (Å²) in [6, 6.07) is -0.822. The summed E-state index contributed by atoms with van der Waals surface area (Å²) in [5.74, 6) is -1.57. The second-order valence-electron chi connectivity index (χ2n) is 5.02. The first-order valence-corrected chi connectivity index (χ1v) is 6.50. The van der Waals surface area contributed by atoms with Crippen LogP contribution in [0.2, 0.25) is 0 Å². The van der Waals surface area contributed by atoms with Crippen LogP contribution in [0.15, 0.2) is 0 Å². The number of carboxylic acids is 1. The van der Waals surface area contributed by atoms with Gasteiger partial charge in [0.2, 0.25) is 0 Å². The molecule has 0 bridgehead atoms. The second-order valence-corrected chi connectivity index (χ2v) is 5.02. The highest BCUT2D eigenvalue weighted by molar-refractivity contribution is 5.76. The first-order chi connectivity index (χ1) is 9.23. The minimum Gasteiger partial charge on any atom is -0.481 e. The predicted octanol–water partition coefficient (Wildman–Crippen LogP) is 0.945. The summed E-state index contributed by atoms with van der Waals surface area (Å²) in [5, 5.41) is 18.5. The van der Waals surface area contributed by atoms with Crippen molar-refractivity contribution in [1.29, 1.82) is 0 Å². The van der Waals surface area contributed by atoms with Gasteiger partial charge in [0.1, 0.15) is 0 Å². The third-order valence-corrected chi connectivity index (χ3v) is 3.58. The molecule has 1 aromatic heterocycles. The predicted molar refractivity (Wildman–Crippen MR) is 74.3 cm³/mol. The van der Waals surface area contributed by atoms with E-state index >= 15 is 0 Å². The molecule has 112 valence electrons. The molecule has 2 unspecified atom stereocenters. The summed E-state index contributed by atoms with van der Waals surface area (Å²) in [5.41, 5.74) is 2.84. The van der Waals surface area contributed by atoms with Crippen molar-refractivity contribution in [3.05, 3.63) is 17.0 Å². The fourth-order valence-corrected chi connectivity index (χ4v) is 1.84. The second kappa shape index (κ2) is 6.40. The normalized spacial score (nSPS) is 13.7. The number of nitrogens with zero attached hydrogens (tertiary/aromatic N) is 2. The van der Waals surface area contributed by atoms with Crippen molar-refractivity contribution in [2.75, 3.05) is 0 Å². The minimum atomic E-state index is -0.934. The fraction of sp³-hybridized carbons (Fsp3) is 0.615. The summed E-state index contributed by atoms with van der Waals surface area (Å²) in [4.78, 5) is 22.6. The first-order valence-electron chi connectivity index (χ1n) is 6.50. The van der Waals surface area contributed by atoms with Crippen LogP contribution in [0.25, 0.3) is 0 Å². The van der Waals surface area contributed by atoms with E-state index in [0.717, 1.165) is 17.0 Å². The van der Waals surface area contributed by atoms with E-state index in [1.807, 2.05) is 20.9 Å². The smallest absolute Gasteiger partial charge is 0.315 e. The van der Waals surface area contributed by atoms with Gasteiger partial charge >= 0.3 is 12.0 Å². The zero-order chi connectivity index (χ0) is 15.4. The number of aromatic nitrogens is 2. The van der Waals surface area contributed by atoms with Gasteiger partial charge in [0, 0.05) is 30.9 Å². The summed E-state index contributed by atoms with van der Waals surface area (Å²) in [6.07, 6.45) is 0. The Kier molecular flexibility index (Phi) is 5.12. The van der Waals surface area contributed by atoms with E-state index in [9.17, 15) is 9.59 Å². The minimum absolute atomic E-state index is 0.367. The number of nitrogens with one attached hydrogen (secondary N) is 2. The van der Waals surface area contributed by atoms with Crippen LogP contribution in [0.1, 0.15) is 30.8 Å². The molecule has 0 aliphatic carbocycles. The van der Waals surface area contributed by atoms with Crippen LogP contribution in [0.3, 0.4) is 0 Å². The summed E-state index contributed by atoms with van der Waals surface area (Å²) in [6.45, 7) is 7.41.